The van der Waals surface area contributed by atoms with Gasteiger partial charge >= 0.3 is 0 Å². The van der Waals surface area contributed by atoms with Crippen LogP contribution in [0.15, 0.2) is 54.1 Å². The topological polar surface area (TPSA) is 20.3 Å². The predicted molar refractivity (Wildman–Crippen MR) is 92.5 cm³/mol. The number of allylic oxidation sites excluding steroid dienone is 1. The predicted octanol–water partition coefficient (Wildman–Crippen LogP) is 4.36. The maximum atomic E-state index is 12.7. The summed E-state index contributed by atoms with van der Waals surface area (Å²) in [4.78, 5) is 14.8. The average molecular weight is 291 g/mol. The number of fused-ring (bicyclic) bond motifs is 1. The Morgan fingerprint density at radius 2 is 1.68 bits per heavy atom. The van der Waals surface area contributed by atoms with Crippen molar-refractivity contribution in [2.45, 2.75) is 19.3 Å². The summed E-state index contributed by atoms with van der Waals surface area (Å²) in [5, 5.41) is 0. The second-order valence-electron chi connectivity index (χ2n) is 6.00. The van der Waals surface area contributed by atoms with Crippen molar-refractivity contribution in [3.8, 4) is 0 Å². The zero-order chi connectivity index (χ0) is 15.5. The molecule has 0 N–H and O–H groups in total. The van der Waals surface area contributed by atoms with Crippen molar-refractivity contribution in [3.63, 3.8) is 0 Å². The fourth-order valence-corrected chi connectivity index (χ4v) is 2.92. The van der Waals surface area contributed by atoms with Gasteiger partial charge in [0.1, 0.15) is 0 Å². The third-order valence-corrected chi connectivity index (χ3v) is 4.20. The number of ketones is 1. The lowest BCUT2D eigenvalue weighted by Gasteiger charge is -2.12. The lowest BCUT2D eigenvalue weighted by atomic mass is 9.98. The molecule has 0 heterocycles. The van der Waals surface area contributed by atoms with Gasteiger partial charge in [0.05, 0.1) is 0 Å². The molecule has 1 aliphatic rings. The third kappa shape index (κ3) is 2.96. The van der Waals surface area contributed by atoms with Gasteiger partial charge in [0.2, 0.25) is 0 Å². The van der Waals surface area contributed by atoms with Crippen LogP contribution in [-0.4, -0.2) is 19.9 Å². The van der Waals surface area contributed by atoms with Gasteiger partial charge in [-0.2, -0.15) is 0 Å². The monoisotopic (exact) mass is 291 g/mol. The van der Waals surface area contributed by atoms with Crippen LogP contribution in [0.2, 0.25) is 0 Å². The van der Waals surface area contributed by atoms with E-state index in [-0.39, 0.29) is 5.78 Å². The van der Waals surface area contributed by atoms with E-state index in [1.165, 1.54) is 11.3 Å². The number of benzene rings is 2. The van der Waals surface area contributed by atoms with Crippen molar-refractivity contribution in [1.82, 2.24) is 0 Å². The molecule has 0 unspecified atom stereocenters. The minimum atomic E-state index is 0.185. The summed E-state index contributed by atoms with van der Waals surface area (Å²) in [5.41, 5.74) is 5.23. The van der Waals surface area contributed by atoms with Crippen LogP contribution in [0.3, 0.4) is 0 Å². The summed E-state index contributed by atoms with van der Waals surface area (Å²) < 4.78 is 0. The number of rotatable bonds is 2. The van der Waals surface area contributed by atoms with Gasteiger partial charge in [-0.1, -0.05) is 36.4 Å². The quantitative estimate of drug-likeness (QED) is 0.605. The molecule has 0 bridgehead atoms. The molecule has 0 spiro atoms. The molecule has 1 aliphatic carbocycles. The Bertz CT molecular complexity index is 711. The van der Waals surface area contributed by atoms with Crippen LogP contribution in [0.4, 0.5) is 5.69 Å². The van der Waals surface area contributed by atoms with Crippen LogP contribution in [-0.2, 0) is 6.42 Å². The molecule has 3 rings (SSSR count). The minimum Gasteiger partial charge on any atom is -0.378 e. The Morgan fingerprint density at radius 3 is 2.41 bits per heavy atom. The van der Waals surface area contributed by atoms with Crippen LogP contribution in [0, 0.1) is 0 Å². The van der Waals surface area contributed by atoms with Gasteiger partial charge in [-0.15, -0.1) is 0 Å². The molecule has 2 nitrogen and oxygen atoms in total. The molecule has 2 aromatic rings. The second kappa shape index (κ2) is 6.18. The third-order valence-electron chi connectivity index (χ3n) is 4.20. The first-order chi connectivity index (χ1) is 10.6. The molecule has 0 aliphatic heterocycles. The largest absolute Gasteiger partial charge is 0.378 e. The van der Waals surface area contributed by atoms with Gasteiger partial charge < -0.3 is 4.90 Å². The molecule has 22 heavy (non-hydrogen) atoms. The van der Waals surface area contributed by atoms with Gasteiger partial charge in [-0.3, -0.25) is 4.79 Å². The van der Waals surface area contributed by atoms with E-state index in [4.69, 9.17) is 0 Å². The average Bonchev–Trinajstić information content (AvgIpc) is 2.68. The lowest BCUT2D eigenvalue weighted by Crippen LogP contribution is -2.08. The van der Waals surface area contributed by atoms with E-state index in [0.717, 1.165) is 36.0 Å². The number of carbonyl (C=O) groups excluding carboxylic acids is 1. The molecule has 0 saturated heterocycles. The maximum Gasteiger partial charge on any atom is 0.189 e. The van der Waals surface area contributed by atoms with Crippen LogP contribution >= 0.6 is 0 Å². The molecule has 0 fully saturated rings. The Balaban J connectivity index is 1.92. The highest BCUT2D eigenvalue weighted by molar-refractivity contribution is 6.12. The van der Waals surface area contributed by atoms with Gasteiger partial charge in [0, 0.05) is 30.9 Å². The van der Waals surface area contributed by atoms with Crippen LogP contribution in [0.1, 0.15) is 34.3 Å². The number of carbonyl (C=O) groups is 1. The summed E-state index contributed by atoms with van der Waals surface area (Å²) in [7, 11) is 4.05. The molecule has 112 valence electrons. The summed E-state index contributed by atoms with van der Waals surface area (Å²) in [6.45, 7) is 0. The molecule has 0 aromatic heterocycles. The minimum absolute atomic E-state index is 0.185. The van der Waals surface area contributed by atoms with E-state index in [2.05, 4.69) is 35.2 Å². The molecule has 0 amide bonds. The van der Waals surface area contributed by atoms with Crippen molar-refractivity contribution in [1.29, 1.82) is 0 Å². The SMILES string of the molecule is CN(C)c1ccc(C=C2CCCc3ccccc3C2=O)cc1. The molecule has 2 heteroatoms. The Morgan fingerprint density at radius 1 is 0.955 bits per heavy atom. The molecule has 0 saturated carbocycles. The lowest BCUT2D eigenvalue weighted by molar-refractivity contribution is 0.103. The Hall–Kier alpha value is -2.35. The first-order valence-corrected chi connectivity index (χ1v) is 7.76. The molecule has 0 radical (unpaired) electrons. The highest BCUT2D eigenvalue weighted by atomic mass is 16.1. The number of hydrogen-bond acceptors (Lipinski definition) is 2. The van der Waals surface area contributed by atoms with Crippen molar-refractivity contribution < 1.29 is 4.79 Å². The highest BCUT2D eigenvalue weighted by Gasteiger charge is 2.19. The van der Waals surface area contributed by atoms with Gasteiger partial charge in [0.25, 0.3) is 0 Å². The normalized spacial score (nSPS) is 16.3. The first kappa shape index (κ1) is 14.6. The molecular formula is C20H21NO. The van der Waals surface area contributed by atoms with E-state index in [1.54, 1.807) is 0 Å². The van der Waals surface area contributed by atoms with Crippen LogP contribution < -0.4 is 4.90 Å². The summed E-state index contributed by atoms with van der Waals surface area (Å²) in [5.74, 6) is 0.185. The van der Waals surface area contributed by atoms with E-state index in [9.17, 15) is 4.79 Å². The standard InChI is InChI=1S/C20H21NO/c1-21(2)18-12-10-15(11-13-18)14-17-8-5-7-16-6-3-4-9-19(16)20(17)22/h3-4,6,9-14H,5,7-8H2,1-2H3. The van der Waals surface area contributed by atoms with E-state index < -0.39 is 0 Å². The van der Waals surface area contributed by atoms with Crippen molar-refractivity contribution in [2.24, 2.45) is 0 Å². The van der Waals surface area contributed by atoms with Crippen molar-refractivity contribution in [2.75, 3.05) is 19.0 Å². The Labute approximate surface area is 132 Å². The number of Topliss-reactive ketones (excluding diaryl/α,β-unsaturated/α-hetero) is 1. The zero-order valence-electron chi connectivity index (χ0n) is 13.2. The maximum absolute atomic E-state index is 12.7. The van der Waals surface area contributed by atoms with Crippen LogP contribution in [0.25, 0.3) is 6.08 Å². The number of nitrogens with zero attached hydrogens (tertiary/aromatic N) is 1. The summed E-state index contributed by atoms with van der Waals surface area (Å²) in [6.07, 6.45) is 4.91. The van der Waals surface area contributed by atoms with Crippen LogP contribution in [0.5, 0.6) is 0 Å². The van der Waals surface area contributed by atoms with Gasteiger partial charge in [0.15, 0.2) is 5.78 Å². The number of anilines is 1. The molecule has 0 atom stereocenters. The Kier molecular flexibility index (Phi) is 4.10. The van der Waals surface area contributed by atoms with Crippen molar-refractivity contribution in [3.05, 3.63) is 70.8 Å². The zero-order valence-corrected chi connectivity index (χ0v) is 13.2. The van der Waals surface area contributed by atoms with E-state index >= 15 is 0 Å². The second-order valence-corrected chi connectivity index (χ2v) is 6.00. The van der Waals surface area contributed by atoms with E-state index in [0.29, 0.717) is 0 Å². The summed E-state index contributed by atoms with van der Waals surface area (Å²) in [6, 6.07) is 16.3. The fraction of sp³-hybridized carbons (Fsp3) is 0.250. The summed E-state index contributed by atoms with van der Waals surface area (Å²) >= 11 is 0. The van der Waals surface area contributed by atoms with E-state index in [1.807, 2.05) is 38.4 Å². The highest BCUT2D eigenvalue weighted by Crippen LogP contribution is 2.26. The molecular weight excluding hydrogens is 270 g/mol. The van der Waals surface area contributed by atoms with Gasteiger partial charge in [-0.05, 0) is 48.6 Å². The smallest absolute Gasteiger partial charge is 0.189 e. The van der Waals surface area contributed by atoms with Crippen molar-refractivity contribution >= 4 is 17.5 Å². The number of hydrogen-bond donors (Lipinski definition) is 0. The first-order valence-electron chi connectivity index (χ1n) is 7.76. The fourth-order valence-electron chi connectivity index (χ4n) is 2.92. The van der Waals surface area contributed by atoms with Gasteiger partial charge in [-0.25, -0.2) is 0 Å². The number of aryl methyl sites for hydroxylation is 1. The molecule has 2 aromatic carbocycles.